The molecule has 0 spiro atoms. The molecule has 1 N–H and O–H groups in total. The van der Waals surface area contributed by atoms with E-state index >= 15 is 0 Å². The van der Waals surface area contributed by atoms with E-state index in [4.69, 9.17) is 5.11 Å². The van der Waals surface area contributed by atoms with Gasteiger partial charge in [-0.05, 0) is 0 Å². The van der Waals surface area contributed by atoms with E-state index in [-0.39, 0.29) is 6.42 Å². The van der Waals surface area contributed by atoms with Crippen LogP contribution in [-0.4, -0.2) is 50.3 Å². The van der Waals surface area contributed by atoms with Gasteiger partial charge in [-0.15, -0.1) is 0 Å². The zero-order chi connectivity index (χ0) is 13.8. The maximum atomic E-state index is 10.3. The monoisotopic (exact) mass is 250 g/mol. The number of carbonyl (C=O) groups excluding carboxylic acids is 3. The van der Waals surface area contributed by atoms with E-state index in [2.05, 4.69) is 14.2 Å². The molecule has 98 valence electrons. The summed E-state index contributed by atoms with van der Waals surface area (Å²) in [5.41, 5.74) is 0. The Balaban J connectivity index is 0. The van der Waals surface area contributed by atoms with Crippen LogP contribution in [0.2, 0.25) is 0 Å². The Morgan fingerprint density at radius 2 is 1.06 bits per heavy atom. The van der Waals surface area contributed by atoms with Gasteiger partial charge in [0, 0.05) is 0 Å². The van der Waals surface area contributed by atoms with E-state index in [9.17, 15) is 19.2 Å². The summed E-state index contributed by atoms with van der Waals surface area (Å²) < 4.78 is 12.4. The second kappa shape index (κ2) is 10.4. The second-order valence-corrected chi connectivity index (χ2v) is 2.48. The van der Waals surface area contributed by atoms with Gasteiger partial charge in [0.25, 0.3) is 0 Å². The second-order valence-electron chi connectivity index (χ2n) is 2.48. The Morgan fingerprint density at radius 3 is 1.24 bits per heavy atom. The number of hydrogen-bond donors (Lipinski definition) is 1. The quantitative estimate of drug-likeness (QED) is 0.397. The number of carboxylic acid groups (broad SMARTS) is 1. The van der Waals surface area contributed by atoms with E-state index in [0.29, 0.717) is 0 Å². The lowest BCUT2D eigenvalue weighted by Crippen LogP contribution is -2.09. The van der Waals surface area contributed by atoms with Crippen LogP contribution in [0.15, 0.2) is 0 Å². The maximum absolute atomic E-state index is 10.3. The molecule has 0 saturated heterocycles. The lowest BCUT2D eigenvalue weighted by molar-refractivity contribution is -0.152. The molecule has 0 rings (SSSR count). The Hall–Kier alpha value is -2.12. The van der Waals surface area contributed by atoms with Crippen molar-refractivity contribution in [2.75, 3.05) is 21.3 Å². The van der Waals surface area contributed by atoms with Crippen molar-refractivity contribution < 1.29 is 38.5 Å². The molecule has 0 saturated carbocycles. The van der Waals surface area contributed by atoms with Gasteiger partial charge >= 0.3 is 23.9 Å². The highest BCUT2D eigenvalue weighted by atomic mass is 16.5. The number of ether oxygens (including phenoxy) is 3. The number of methoxy groups -OCH3 is 3. The van der Waals surface area contributed by atoms with Crippen LogP contribution in [0, 0.1) is 0 Å². The lowest BCUT2D eigenvalue weighted by Gasteiger charge is -1.95. The van der Waals surface area contributed by atoms with E-state index in [1.54, 1.807) is 0 Å². The first kappa shape index (κ1) is 17.3. The number of rotatable bonds is 4. The van der Waals surface area contributed by atoms with Gasteiger partial charge in [0.15, 0.2) is 0 Å². The van der Waals surface area contributed by atoms with Gasteiger partial charge in [-0.25, -0.2) is 0 Å². The standard InChI is InChI=1S/C5H8O4.C4H6O4/c1-8-4(6)3-5(7)9-2;1-8-4(7)2-3(5)6/h3H2,1-2H3;2H2,1H3,(H,5,6). The number of hydrogen-bond acceptors (Lipinski definition) is 7. The molecule has 0 aliphatic carbocycles. The van der Waals surface area contributed by atoms with Gasteiger partial charge in [0.1, 0.15) is 12.8 Å². The highest BCUT2D eigenvalue weighted by molar-refractivity contribution is 5.91. The molecule has 0 aromatic rings. The first-order chi connectivity index (χ1) is 7.87. The number of aliphatic carboxylic acids is 1. The molecule has 0 aliphatic heterocycles. The molecule has 0 fully saturated rings. The molecule has 8 heteroatoms. The van der Waals surface area contributed by atoms with Crippen LogP contribution in [-0.2, 0) is 33.4 Å². The molecule has 0 aliphatic rings. The largest absolute Gasteiger partial charge is 0.481 e. The van der Waals surface area contributed by atoms with Gasteiger partial charge < -0.3 is 19.3 Å². The fraction of sp³-hybridized carbons (Fsp3) is 0.556. The Kier molecular flexibility index (Phi) is 10.6. The summed E-state index contributed by atoms with van der Waals surface area (Å²) in [6.45, 7) is 0. The molecule has 0 unspecified atom stereocenters. The molecule has 0 aromatic heterocycles. The van der Waals surface area contributed by atoms with Crippen molar-refractivity contribution in [3.05, 3.63) is 0 Å². The Morgan fingerprint density at radius 1 is 0.765 bits per heavy atom. The molecule has 0 aromatic carbocycles. The van der Waals surface area contributed by atoms with E-state index < -0.39 is 30.3 Å². The summed E-state index contributed by atoms with van der Waals surface area (Å²) in [5.74, 6) is -3.06. The fourth-order valence-electron chi connectivity index (χ4n) is 0.458. The van der Waals surface area contributed by atoms with Crippen LogP contribution in [0.3, 0.4) is 0 Å². The van der Waals surface area contributed by atoms with Crippen LogP contribution in [0.5, 0.6) is 0 Å². The predicted octanol–water partition coefficient (Wildman–Crippen LogP) is -0.643. The summed E-state index contributed by atoms with van der Waals surface area (Å²) in [6.07, 6.45) is -0.872. The zero-order valence-corrected chi connectivity index (χ0v) is 9.72. The fourth-order valence-corrected chi connectivity index (χ4v) is 0.458. The minimum absolute atomic E-state index is 0.312. The van der Waals surface area contributed by atoms with Crippen LogP contribution in [0.4, 0.5) is 0 Å². The minimum Gasteiger partial charge on any atom is -0.481 e. The third-order valence-electron chi connectivity index (χ3n) is 1.27. The van der Waals surface area contributed by atoms with Crippen molar-refractivity contribution in [1.82, 2.24) is 0 Å². The maximum Gasteiger partial charge on any atom is 0.316 e. The Labute approximate surface area is 97.4 Å². The van der Waals surface area contributed by atoms with Gasteiger partial charge in [0.05, 0.1) is 21.3 Å². The van der Waals surface area contributed by atoms with Crippen molar-refractivity contribution in [3.8, 4) is 0 Å². The first-order valence-electron chi connectivity index (χ1n) is 4.29. The van der Waals surface area contributed by atoms with Crippen molar-refractivity contribution in [3.63, 3.8) is 0 Å². The normalized spacial score (nSPS) is 8.18. The van der Waals surface area contributed by atoms with E-state index in [0.717, 1.165) is 7.11 Å². The van der Waals surface area contributed by atoms with Crippen molar-refractivity contribution in [2.45, 2.75) is 12.8 Å². The van der Waals surface area contributed by atoms with Gasteiger partial charge in [-0.1, -0.05) is 0 Å². The van der Waals surface area contributed by atoms with Gasteiger partial charge in [-0.2, -0.15) is 0 Å². The summed E-state index contributed by atoms with van der Waals surface area (Å²) in [5, 5.41) is 7.91. The van der Waals surface area contributed by atoms with Crippen molar-refractivity contribution in [1.29, 1.82) is 0 Å². The molecular formula is C9H14O8. The molecule has 0 heterocycles. The average molecular weight is 250 g/mol. The van der Waals surface area contributed by atoms with Crippen molar-refractivity contribution >= 4 is 23.9 Å². The molecule has 0 amide bonds. The van der Waals surface area contributed by atoms with Crippen LogP contribution < -0.4 is 0 Å². The van der Waals surface area contributed by atoms with Crippen LogP contribution in [0.25, 0.3) is 0 Å². The third-order valence-corrected chi connectivity index (χ3v) is 1.27. The van der Waals surface area contributed by atoms with Crippen molar-refractivity contribution in [2.24, 2.45) is 0 Å². The SMILES string of the molecule is COC(=O)CC(=O)O.COC(=O)CC(=O)OC. The smallest absolute Gasteiger partial charge is 0.316 e. The molecule has 0 radical (unpaired) electrons. The topological polar surface area (TPSA) is 116 Å². The minimum atomic E-state index is -1.17. The summed E-state index contributed by atoms with van der Waals surface area (Å²) in [7, 11) is 3.57. The summed E-state index contributed by atoms with van der Waals surface area (Å²) >= 11 is 0. The first-order valence-corrected chi connectivity index (χ1v) is 4.29. The zero-order valence-electron chi connectivity index (χ0n) is 9.72. The molecular weight excluding hydrogens is 236 g/mol. The highest BCUT2D eigenvalue weighted by Gasteiger charge is 2.07. The summed E-state index contributed by atoms with van der Waals surface area (Å²) in [6, 6.07) is 0. The van der Waals surface area contributed by atoms with Crippen LogP contribution >= 0.6 is 0 Å². The van der Waals surface area contributed by atoms with Crippen LogP contribution in [0.1, 0.15) is 12.8 Å². The Bertz CT molecular complexity index is 269. The molecule has 8 nitrogen and oxygen atoms in total. The summed E-state index contributed by atoms with van der Waals surface area (Å²) in [4.78, 5) is 40.2. The average Bonchev–Trinajstić information content (AvgIpc) is 2.28. The highest BCUT2D eigenvalue weighted by Crippen LogP contribution is 1.85. The third kappa shape index (κ3) is 13.9. The molecule has 0 bridgehead atoms. The lowest BCUT2D eigenvalue weighted by atomic mass is 10.4. The predicted molar refractivity (Wildman–Crippen MR) is 52.9 cm³/mol. The van der Waals surface area contributed by atoms with Gasteiger partial charge in [-0.3, -0.25) is 19.2 Å². The number of carboxylic acids is 1. The van der Waals surface area contributed by atoms with E-state index in [1.165, 1.54) is 14.2 Å². The molecule has 0 atom stereocenters. The number of carbonyl (C=O) groups is 4. The van der Waals surface area contributed by atoms with Gasteiger partial charge in [0.2, 0.25) is 0 Å². The molecule has 17 heavy (non-hydrogen) atoms. The number of esters is 3. The van der Waals surface area contributed by atoms with E-state index in [1.807, 2.05) is 0 Å².